The monoisotopic (exact) mass is 301 g/mol. The number of aliphatic hydroxyl groups excluding tert-OH is 1. The molecule has 0 saturated carbocycles. The van der Waals surface area contributed by atoms with Crippen molar-refractivity contribution in [2.45, 2.75) is 44.8 Å². The van der Waals surface area contributed by atoms with Gasteiger partial charge in [-0.25, -0.2) is 0 Å². The number of halogens is 2. The Hall–Kier alpha value is -0.280. The molecule has 2 rings (SSSR count). The molecule has 106 valence electrons. The number of hydrogen-bond donors (Lipinski definition) is 1. The molecular weight excluding hydrogens is 281 g/mol. The maximum Gasteiger partial charge on any atom is 0.0971 e. The Morgan fingerprint density at radius 2 is 1.89 bits per heavy atom. The van der Waals surface area contributed by atoms with Crippen LogP contribution < -0.4 is 0 Å². The van der Waals surface area contributed by atoms with Gasteiger partial charge in [-0.1, -0.05) is 36.2 Å². The van der Waals surface area contributed by atoms with Crippen molar-refractivity contribution < 1.29 is 5.11 Å². The molecule has 0 bridgehead atoms. The third kappa shape index (κ3) is 2.92. The van der Waals surface area contributed by atoms with Crippen molar-refractivity contribution >= 4 is 23.2 Å². The minimum absolute atomic E-state index is 0.242. The van der Waals surface area contributed by atoms with E-state index in [0.717, 1.165) is 25.1 Å². The smallest absolute Gasteiger partial charge is 0.0971 e. The van der Waals surface area contributed by atoms with E-state index in [0.29, 0.717) is 10.0 Å². The van der Waals surface area contributed by atoms with Crippen molar-refractivity contribution in [3.05, 3.63) is 33.8 Å². The summed E-state index contributed by atoms with van der Waals surface area (Å²) >= 11 is 12.0. The van der Waals surface area contributed by atoms with E-state index in [1.807, 2.05) is 6.07 Å². The lowest BCUT2D eigenvalue weighted by atomic mass is 9.85. The van der Waals surface area contributed by atoms with E-state index in [4.69, 9.17) is 23.2 Å². The summed E-state index contributed by atoms with van der Waals surface area (Å²) in [4.78, 5) is 2.39. The van der Waals surface area contributed by atoms with Crippen LogP contribution in [0.2, 0.25) is 10.0 Å². The Labute approximate surface area is 125 Å². The summed E-state index contributed by atoms with van der Waals surface area (Å²) in [7, 11) is 0. The number of hydrogen-bond acceptors (Lipinski definition) is 2. The first-order valence-electron chi connectivity index (χ1n) is 6.87. The molecule has 1 saturated heterocycles. The molecule has 1 heterocycles. The molecule has 0 radical (unpaired) electrons. The van der Waals surface area contributed by atoms with Gasteiger partial charge in [0.15, 0.2) is 0 Å². The maximum absolute atomic E-state index is 10.8. The lowest BCUT2D eigenvalue weighted by Crippen LogP contribution is -2.48. The predicted octanol–water partition coefficient (Wildman–Crippen LogP) is 4.29. The van der Waals surface area contributed by atoms with Gasteiger partial charge >= 0.3 is 0 Å². The van der Waals surface area contributed by atoms with Crippen molar-refractivity contribution in [2.75, 3.05) is 13.1 Å². The summed E-state index contributed by atoms with van der Waals surface area (Å²) < 4.78 is 0. The number of benzene rings is 1. The highest BCUT2D eigenvalue weighted by molar-refractivity contribution is 6.42. The van der Waals surface area contributed by atoms with Crippen LogP contribution in [0, 0.1) is 0 Å². The Balaban J connectivity index is 2.28. The quantitative estimate of drug-likeness (QED) is 0.897. The fraction of sp³-hybridized carbons (Fsp3) is 0.600. The van der Waals surface area contributed by atoms with E-state index >= 15 is 0 Å². The Bertz CT molecular complexity index is 446. The summed E-state index contributed by atoms with van der Waals surface area (Å²) in [6.45, 7) is 6.37. The maximum atomic E-state index is 10.8. The van der Waals surface area contributed by atoms with Gasteiger partial charge < -0.3 is 5.11 Å². The molecule has 0 aromatic heterocycles. The van der Waals surface area contributed by atoms with Crippen LogP contribution in [0.25, 0.3) is 0 Å². The van der Waals surface area contributed by atoms with Crippen molar-refractivity contribution in [3.8, 4) is 0 Å². The molecule has 19 heavy (non-hydrogen) atoms. The summed E-state index contributed by atoms with van der Waals surface area (Å²) in [5.41, 5.74) is 0.596. The molecular formula is C15H21Cl2NO. The summed E-state index contributed by atoms with van der Waals surface area (Å²) in [5.74, 6) is 0. The van der Waals surface area contributed by atoms with E-state index in [1.54, 1.807) is 12.1 Å². The van der Waals surface area contributed by atoms with Crippen LogP contribution in [0.15, 0.2) is 18.2 Å². The first-order valence-corrected chi connectivity index (χ1v) is 7.62. The molecule has 1 N–H and O–H groups in total. The first-order chi connectivity index (χ1) is 8.99. The SMILES string of the molecule is CCC(C)(C(O)c1ccc(Cl)c(Cl)c1)N1CCCC1. The first kappa shape index (κ1) is 15.1. The van der Waals surface area contributed by atoms with Crippen LogP contribution in [0.3, 0.4) is 0 Å². The summed E-state index contributed by atoms with van der Waals surface area (Å²) in [5, 5.41) is 11.8. The fourth-order valence-electron chi connectivity index (χ4n) is 2.86. The van der Waals surface area contributed by atoms with E-state index in [9.17, 15) is 5.11 Å². The second-order valence-corrected chi connectivity index (χ2v) is 6.30. The fourth-order valence-corrected chi connectivity index (χ4v) is 3.17. The van der Waals surface area contributed by atoms with Crippen LogP contribution in [0.1, 0.15) is 44.8 Å². The molecule has 0 aliphatic carbocycles. The number of nitrogens with zero attached hydrogens (tertiary/aromatic N) is 1. The molecule has 2 nitrogen and oxygen atoms in total. The number of aliphatic hydroxyl groups is 1. The second kappa shape index (κ2) is 6.01. The zero-order chi connectivity index (χ0) is 14.0. The predicted molar refractivity (Wildman–Crippen MR) is 80.9 cm³/mol. The van der Waals surface area contributed by atoms with Gasteiger partial charge in [0.1, 0.15) is 0 Å². The van der Waals surface area contributed by atoms with Gasteiger partial charge in [0.25, 0.3) is 0 Å². The largest absolute Gasteiger partial charge is 0.386 e. The average molecular weight is 302 g/mol. The van der Waals surface area contributed by atoms with Crippen LogP contribution in [-0.4, -0.2) is 28.6 Å². The highest BCUT2D eigenvalue weighted by Crippen LogP contribution is 2.38. The van der Waals surface area contributed by atoms with Crippen LogP contribution >= 0.6 is 23.2 Å². The van der Waals surface area contributed by atoms with E-state index in [1.165, 1.54) is 12.8 Å². The molecule has 1 fully saturated rings. The van der Waals surface area contributed by atoms with E-state index in [2.05, 4.69) is 18.7 Å². The van der Waals surface area contributed by atoms with Crippen LogP contribution in [0.5, 0.6) is 0 Å². The van der Waals surface area contributed by atoms with Gasteiger partial charge in [-0.3, -0.25) is 4.90 Å². The van der Waals surface area contributed by atoms with Crippen molar-refractivity contribution in [1.29, 1.82) is 0 Å². The van der Waals surface area contributed by atoms with Gasteiger partial charge in [-0.2, -0.15) is 0 Å². The molecule has 4 heteroatoms. The number of rotatable bonds is 4. The van der Waals surface area contributed by atoms with Gasteiger partial charge in [0, 0.05) is 5.54 Å². The molecule has 1 aromatic rings. The lowest BCUT2D eigenvalue weighted by Gasteiger charge is -2.42. The zero-order valence-corrected chi connectivity index (χ0v) is 13.0. The molecule has 0 amide bonds. The van der Waals surface area contributed by atoms with Crippen molar-refractivity contribution in [3.63, 3.8) is 0 Å². The zero-order valence-electron chi connectivity index (χ0n) is 11.5. The molecule has 1 aromatic carbocycles. The topological polar surface area (TPSA) is 23.5 Å². The molecule has 1 aliphatic heterocycles. The van der Waals surface area contributed by atoms with Crippen molar-refractivity contribution in [2.24, 2.45) is 0 Å². The van der Waals surface area contributed by atoms with Crippen molar-refractivity contribution in [1.82, 2.24) is 4.90 Å². The summed E-state index contributed by atoms with van der Waals surface area (Å²) in [6.07, 6.45) is 2.77. The second-order valence-electron chi connectivity index (χ2n) is 5.48. The average Bonchev–Trinajstić information content (AvgIpc) is 2.94. The Morgan fingerprint density at radius 1 is 1.26 bits per heavy atom. The van der Waals surface area contributed by atoms with Gasteiger partial charge in [-0.05, 0) is 57.0 Å². The molecule has 2 atom stereocenters. The summed E-state index contributed by atoms with van der Waals surface area (Å²) in [6, 6.07) is 5.39. The Morgan fingerprint density at radius 3 is 2.42 bits per heavy atom. The third-order valence-electron chi connectivity index (χ3n) is 4.39. The van der Waals surface area contributed by atoms with E-state index in [-0.39, 0.29) is 5.54 Å². The molecule has 2 unspecified atom stereocenters. The number of likely N-dealkylation sites (tertiary alicyclic amines) is 1. The lowest BCUT2D eigenvalue weighted by molar-refractivity contribution is -0.0140. The highest BCUT2D eigenvalue weighted by Gasteiger charge is 2.39. The van der Waals surface area contributed by atoms with E-state index < -0.39 is 6.10 Å². The van der Waals surface area contributed by atoms with Gasteiger partial charge in [0.2, 0.25) is 0 Å². The molecule has 1 aliphatic rings. The van der Waals surface area contributed by atoms with Gasteiger partial charge in [-0.15, -0.1) is 0 Å². The normalized spacial score (nSPS) is 21.3. The minimum atomic E-state index is -0.551. The Kier molecular flexibility index (Phi) is 4.78. The standard InChI is InChI=1S/C15H21Cl2NO/c1-3-15(2,18-8-4-5-9-18)14(19)11-6-7-12(16)13(17)10-11/h6-7,10,14,19H,3-5,8-9H2,1-2H3. The minimum Gasteiger partial charge on any atom is -0.386 e. The highest BCUT2D eigenvalue weighted by atomic mass is 35.5. The van der Waals surface area contributed by atoms with Gasteiger partial charge in [0.05, 0.1) is 16.1 Å². The molecule has 0 spiro atoms. The third-order valence-corrected chi connectivity index (χ3v) is 5.13. The van der Waals surface area contributed by atoms with Crippen LogP contribution in [-0.2, 0) is 0 Å². The van der Waals surface area contributed by atoms with Crippen LogP contribution in [0.4, 0.5) is 0 Å².